The summed E-state index contributed by atoms with van der Waals surface area (Å²) in [5.74, 6) is -0.462. The van der Waals surface area contributed by atoms with Gasteiger partial charge in [-0.3, -0.25) is 9.69 Å². The molecule has 0 aliphatic heterocycles. The van der Waals surface area contributed by atoms with Gasteiger partial charge in [0.25, 0.3) is 0 Å². The molecule has 0 radical (unpaired) electrons. The molecule has 1 heterocycles. The van der Waals surface area contributed by atoms with E-state index in [4.69, 9.17) is 0 Å². The normalized spacial score (nSPS) is 11.5. The predicted molar refractivity (Wildman–Crippen MR) is 133 cm³/mol. The van der Waals surface area contributed by atoms with Gasteiger partial charge in [0.2, 0.25) is 5.91 Å². The Balaban J connectivity index is 0.00000341. The Morgan fingerprint density at radius 3 is 2.45 bits per heavy atom. The quantitative estimate of drug-likeness (QED) is 0.411. The molecule has 10 heteroatoms. The van der Waals surface area contributed by atoms with Crippen molar-refractivity contribution in [2.24, 2.45) is 0 Å². The number of halogens is 1. The molecule has 0 unspecified atom stereocenters. The summed E-state index contributed by atoms with van der Waals surface area (Å²) in [6.45, 7) is 1.11. The van der Waals surface area contributed by atoms with E-state index < -0.39 is 9.84 Å². The third kappa shape index (κ3) is 6.66. The Bertz CT molecular complexity index is 1120. The SMILES string of the molecule is CSc1ccc2nc(N(CCN(C)C)C(=O)CCS(=O)(=O)c3ccccc3)sc2c1.Cl. The van der Waals surface area contributed by atoms with Crippen LogP contribution in [0.4, 0.5) is 5.13 Å². The number of likely N-dealkylation sites (N-methyl/N-ethyl adjacent to an activating group) is 1. The number of benzene rings is 2. The van der Waals surface area contributed by atoms with Crippen LogP contribution in [0.25, 0.3) is 10.2 Å². The summed E-state index contributed by atoms with van der Waals surface area (Å²) in [4.78, 5) is 22.7. The van der Waals surface area contributed by atoms with Crippen molar-refractivity contribution in [2.75, 3.05) is 44.1 Å². The molecule has 0 saturated carbocycles. The Hall–Kier alpha value is -1.65. The van der Waals surface area contributed by atoms with Gasteiger partial charge in [-0.05, 0) is 50.7 Å². The fraction of sp³-hybridized carbons (Fsp3) is 0.333. The van der Waals surface area contributed by atoms with Crippen molar-refractivity contribution in [2.45, 2.75) is 16.2 Å². The van der Waals surface area contributed by atoms with Crippen molar-refractivity contribution >= 4 is 66.6 Å². The van der Waals surface area contributed by atoms with Gasteiger partial charge in [-0.1, -0.05) is 29.5 Å². The molecular weight excluding hydrogens is 474 g/mol. The third-order valence-electron chi connectivity index (χ3n) is 4.57. The van der Waals surface area contributed by atoms with E-state index in [9.17, 15) is 13.2 Å². The average molecular weight is 500 g/mol. The minimum Gasteiger partial charge on any atom is -0.308 e. The first-order chi connectivity index (χ1) is 14.3. The van der Waals surface area contributed by atoms with Gasteiger partial charge in [-0.15, -0.1) is 24.2 Å². The molecule has 0 atom stereocenters. The molecule has 3 rings (SSSR count). The van der Waals surface area contributed by atoms with Gasteiger partial charge in [0.1, 0.15) is 0 Å². The predicted octanol–water partition coefficient (Wildman–Crippen LogP) is 4.20. The summed E-state index contributed by atoms with van der Waals surface area (Å²) in [5.41, 5.74) is 0.840. The van der Waals surface area contributed by atoms with Gasteiger partial charge >= 0.3 is 0 Å². The summed E-state index contributed by atoms with van der Waals surface area (Å²) in [5, 5.41) is 0.604. The number of rotatable bonds is 9. The van der Waals surface area contributed by atoms with Gasteiger partial charge < -0.3 is 4.90 Å². The number of thiazole rings is 1. The Kier molecular flexibility index (Phi) is 9.32. The van der Waals surface area contributed by atoms with Crippen LogP contribution >= 0.6 is 35.5 Å². The van der Waals surface area contributed by atoms with Gasteiger partial charge in [-0.25, -0.2) is 13.4 Å². The minimum atomic E-state index is -3.51. The first-order valence-corrected chi connectivity index (χ1v) is 13.2. The van der Waals surface area contributed by atoms with Gasteiger partial charge in [0.15, 0.2) is 15.0 Å². The zero-order chi connectivity index (χ0) is 21.7. The number of carbonyl (C=O) groups excluding carboxylic acids is 1. The first-order valence-electron chi connectivity index (χ1n) is 9.47. The van der Waals surface area contributed by atoms with E-state index in [0.717, 1.165) is 15.1 Å². The standard InChI is InChI=1S/C21H25N3O3S3.ClH/c1-23(2)12-13-24(21-22-18-10-9-16(28-3)15-19(18)29-21)20(25)11-14-30(26,27)17-7-5-4-6-8-17;/h4-10,15H,11-14H2,1-3H3;1H. The van der Waals surface area contributed by atoms with Gasteiger partial charge in [0, 0.05) is 24.4 Å². The van der Waals surface area contributed by atoms with Crippen molar-refractivity contribution in [3.05, 3.63) is 48.5 Å². The van der Waals surface area contributed by atoms with Crippen LogP contribution in [0.15, 0.2) is 58.3 Å². The molecule has 1 aromatic heterocycles. The highest BCUT2D eigenvalue weighted by atomic mass is 35.5. The second-order valence-electron chi connectivity index (χ2n) is 7.06. The molecular formula is C21H26ClN3O3S3. The van der Waals surface area contributed by atoms with Gasteiger partial charge in [0.05, 0.1) is 20.9 Å². The van der Waals surface area contributed by atoms with Crippen molar-refractivity contribution < 1.29 is 13.2 Å². The van der Waals surface area contributed by atoms with Crippen molar-refractivity contribution in [3.8, 4) is 0 Å². The summed E-state index contributed by atoms with van der Waals surface area (Å²) < 4.78 is 26.2. The van der Waals surface area contributed by atoms with E-state index in [1.165, 1.54) is 11.3 Å². The highest BCUT2D eigenvalue weighted by Crippen LogP contribution is 2.32. The van der Waals surface area contributed by atoms with E-state index in [1.54, 1.807) is 47.0 Å². The molecule has 0 saturated heterocycles. The Labute approximate surface area is 198 Å². The van der Waals surface area contributed by atoms with Crippen LogP contribution in [0.5, 0.6) is 0 Å². The number of sulfone groups is 1. The molecule has 168 valence electrons. The van der Waals surface area contributed by atoms with E-state index in [1.807, 2.05) is 37.4 Å². The fourth-order valence-corrected chi connectivity index (χ4v) is 5.68. The maximum atomic E-state index is 13.0. The zero-order valence-corrected chi connectivity index (χ0v) is 20.9. The largest absolute Gasteiger partial charge is 0.308 e. The number of thioether (sulfide) groups is 1. The minimum absolute atomic E-state index is 0. The third-order valence-corrected chi connectivity index (χ3v) is 8.07. The lowest BCUT2D eigenvalue weighted by atomic mass is 10.3. The molecule has 3 aromatic rings. The maximum absolute atomic E-state index is 13.0. The molecule has 0 aliphatic rings. The van der Waals surface area contributed by atoms with Crippen molar-refractivity contribution in [3.63, 3.8) is 0 Å². The number of anilines is 1. The monoisotopic (exact) mass is 499 g/mol. The summed E-state index contributed by atoms with van der Waals surface area (Å²) in [7, 11) is 0.359. The highest BCUT2D eigenvalue weighted by molar-refractivity contribution is 7.98. The van der Waals surface area contributed by atoms with E-state index in [0.29, 0.717) is 18.2 Å². The second-order valence-corrected chi connectivity index (χ2v) is 11.1. The smallest absolute Gasteiger partial charge is 0.229 e. The summed E-state index contributed by atoms with van der Waals surface area (Å²) >= 11 is 3.11. The fourth-order valence-electron chi connectivity index (χ4n) is 2.86. The molecule has 0 bridgehead atoms. The van der Waals surface area contributed by atoms with Crippen LogP contribution in [0.1, 0.15) is 6.42 Å². The molecule has 0 spiro atoms. The number of hydrogen-bond donors (Lipinski definition) is 0. The summed E-state index contributed by atoms with van der Waals surface area (Å²) in [6, 6.07) is 14.3. The topological polar surface area (TPSA) is 70.6 Å². The number of hydrogen-bond acceptors (Lipinski definition) is 7. The molecule has 0 fully saturated rings. The lowest BCUT2D eigenvalue weighted by molar-refractivity contribution is -0.118. The maximum Gasteiger partial charge on any atom is 0.229 e. The molecule has 31 heavy (non-hydrogen) atoms. The Morgan fingerprint density at radius 1 is 1.10 bits per heavy atom. The van der Waals surface area contributed by atoms with Crippen LogP contribution in [-0.4, -0.2) is 63.4 Å². The molecule has 6 nitrogen and oxygen atoms in total. The van der Waals surface area contributed by atoms with E-state index in [2.05, 4.69) is 11.1 Å². The van der Waals surface area contributed by atoms with E-state index >= 15 is 0 Å². The zero-order valence-electron chi connectivity index (χ0n) is 17.6. The lowest BCUT2D eigenvalue weighted by Gasteiger charge is -2.22. The van der Waals surface area contributed by atoms with Crippen LogP contribution in [-0.2, 0) is 14.6 Å². The lowest BCUT2D eigenvalue weighted by Crippen LogP contribution is -2.37. The summed E-state index contributed by atoms with van der Waals surface area (Å²) in [6.07, 6.45) is 1.93. The van der Waals surface area contributed by atoms with Gasteiger partial charge in [-0.2, -0.15) is 0 Å². The average Bonchev–Trinajstić information content (AvgIpc) is 3.15. The van der Waals surface area contributed by atoms with Crippen molar-refractivity contribution in [1.29, 1.82) is 0 Å². The number of carbonyl (C=O) groups is 1. The van der Waals surface area contributed by atoms with Crippen LogP contribution in [0, 0.1) is 0 Å². The number of fused-ring (bicyclic) bond motifs is 1. The molecule has 2 aromatic carbocycles. The van der Waals surface area contributed by atoms with Crippen LogP contribution in [0.3, 0.4) is 0 Å². The molecule has 1 amide bonds. The number of nitrogens with zero attached hydrogens (tertiary/aromatic N) is 3. The van der Waals surface area contributed by atoms with Crippen LogP contribution < -0.4 is 4.90 Å². The van der Waals surface area contributed by atoms with Crippen LogP contribution in [0.2, 0.25) is 0 Å². The Morgan fingerprint density at radius 2 is 1.81 bits per heavy atom. The number of amides is 1. The first kappa shape index (κ1) is 25.6. The number of aromatic nitrogens is 1. The highest BCUT2D eigenvalue weighted by Gasteiger charge is 2.23. The second kappa shape index (κ2) is 11.3. The molecule has 0 N–H and O–H groups in total. The van der Waals surface area contributed by atoms with Crippen molar-refractivity contribution in [1.82, 2.24) is 9.88 Å². The van der Waals surface area contributed by atoms with E-state index in [-0.39, 0.29) is 35.4 Å². The molecule has 0 aliphatic carbocycles.